The molecular formula is C23H26N4O2S. The van der Waals surface area contributed by atoms with Crippen molar-refractivity contribution in [3.8, 4) is 0 Å². The number of para-hydroxylation sites is 2. The summed E-state index contributed by atoms with van der Waals surface area (Å²) in [5, 5.41) is 6.32. The fraction of sp³-hybridized carbons (Fsp3) is 0.261. The molecule has 0 fully saturated rings. The molecule has 2 N–H and O–H groups in total. The van der Waals surface area contributed by atoms with E-state index < -0.39 is 0 Å². The zero-order valence-corrected chi connectivity index (χ0v) is 18.3. The number of anilines is 1. The van der Waals surface area contributed by atoms with Gasteiger partial charge in [-0.05, 0) is 44.0 Å². The second kappa shape index (κ2) is 9.63. The van der Waals surface area contributed by atoms with Crippen LogP contribution in [0.3, 0.4) is 0 Å². The van der Waals surface area contributed by atoms with E-state index in [1.807, 2.05) is 61.7 Å². The molecule has 2 aromatic carbocycles. The number of aromatic nitrogens is 2. The van der Waals surface area contributed by atoms with E-state index in [4.69, 9.17) is 0 Å². The van der Waals surface area contributed by atoms with E-state index in [0.29, 0.717) is 6.54 Å². The minimum Gasteiger partial charge on any atom is -0.346 e. The Morgan fingerprint density at radius 2 is 1.83 bits per heavy atom. The van der Waals surface area contributed by atoms with Crippen LogP contribution in [0.5, 0.6) is 0 Å². The molecule has 0 aliphatic rings. The number of thioether (sulfide) groups is 1. The van der Waals surface area contributed by atoms with E-state index >= 15 is 0 Å². The number of amides is 2. The first kappa shape index (κ1) is 21.6. The molecule has 2 amide bonds. The Kier molecular flexibility index (Phi) is 6.95. The summed E-state index contributed by atoms with van der Waals surface area (Å²) in [4.78, 5) is 29.1. The van der Waals surface area contributed by atoms with Crippen molar-refractivity contribution in [3.05, 3.63) is 65.7 Å². The van der Waals surface area contributed by atoms with Crippen molar-refractivity contribution in [2.24, 2.45) is 0 Å². The zero-order chi connectivity index (χ0) is 21.7. The van der Waals surface area contributed by atoms with Crippen molar-refractivity contribution in [1.82, 2.24) is 14.9 Å². The van der Waals surface area contributed by atoms with Crippen molar-refractivity contribution >= 4 is 40.3 Å². The van der Waals surface area contributed by atoms with Gasteiger partial charge in [-0.15, -0.1) is 6.58 Å². The zero-order valence-electron chi connectivity index (χ0n) is 17.5. The van der Waals surface area contributed by atoms with Gasteiger partial charge in [0.15, 0.2) is 5.16 Å². The summed E-state index contributed by atoms with van der Waals surface area (Å²) >= 11 is 1.34. The molecule has 1 aromatic heterocycles. The van der Waals surface area contributed by atoms with E-state index in [1.54, 1.807) is 6.08 Å². The van der Waals surface area contributed by atoms with Gasteiger partial charge < -0.3 is 15.2 Å². The van der Waals surface area contributed by atoms with Crippen LogP contribution in [0.25, 0.3) is 11.0 Å². The lowest BCUT2D eigenvalue weighted by atomic mass is 10.1. The molecule has 3 rings (SSSR count). The molecule has 0 radical (unpaired) electrons. The molecule has 6 nitrogen and oxygen atoms in total. The number of rotatable bonds is 8. The van der Waals surface area contributed by atoms with Gasteiger partial charge in [-0.3, -0.25) is 9.59 Å². The number of nitrogens with one attached hydrogen (secondary N) is 2. The Labute approximate surface area is 180 Å². The maximum absolute atomic E-state index is 12.3. The number of benzene rings is 2. The molecule has 0 saturated carbocycles. The van der Waals surface area contributed by atoms with Gasteiger partial charge in [0.1, 0.15) is 0 Å². The first-order valence-electron chi connectivity index (χ1n) is 9.72. The van der Waals surface area contributed by atoms with Crippen LogP contribution in [-0.2, 0) is 16.1 Å². The molecule has 3 aromatic rings. The van der Waals surface area contributed by atoms with Crippen molar-refractivity contribution in [1.29, 1.82) is 0 Å². The molecule has 0 aliphatic carbocycles. The predicted molar refractivity (Wildman–Crippen MR) is 123 cm³/mol. The van der Waals surface area contributed by atoms with Crippen molar-refractivity contribution < 1.29 is 9.59 Å². The average molecular weight is 423 g/mol. The van der Waals surface area contributed by atoms with Crippen LogP contribution in [0.2, 0.25) is 0 Å². The summed E-state index contributed by atoms with van der Waals surface area (Å²) in [6.07, 6.45) is 1.80. The van der Waals surface area contributed by atoms with Crippen LogP contribution >= 0.6 is 11.8 Å². The number of hydrogen-bond donors (Lipinski definition) is 2. The lowest BCUT2D eigenvalue weighted by molar-refractivity contribution is -0.122. The van der Waals surface area contributed by atoms with Crippen LogP contribution in [0.1, 0.15) is 16.7 Å². The van der Waals surface area contributed by atoms with E-state index in [1.165, 1.54) is 11.8 Å². The Morgan fingerprint density at radius 1 is 1.13 bits per heavy atom. The number of allylic oxidation sites excluding steroid dienone is 1. The normalized spacial score (nSPS) is 10.8. The van der Waals surface area contributed by atoms with Gasteiger partial charge in [-0.25, -0.2) is 4.98 Å². The highest BCUT2D eigenvalue weighted by Crippen LogP contribution is 2.24. The highest BCUT2D eigenvalue weighted by molar-refractivity contribution is 7.99. The summed E-state index contributed by atoms with van der Waals surface area (Å²) in [6, 6.07) is 11.9. The van der Waals surface area contributed by atoms with Gasteiger partial charge in [0.05, 0.1) is 23.3 Å². The number of carbonyl (C=O) groups excluding carboxylic acids is 2. The van der Waals surface area contributed by atoms with Crippen molar-refractivity contribution in [2.75, 3.05) is 17.6 Å². The van der Waals surface area contributed by atoms with Gasteiger partial charge in [-0.1, -0.05) is 47.7 Å². The third-order valence-corrected chi connectivity index (χ3v) is 5.63. The molecule has 0 spiro atoms. The fourth-order valence-corrected chi connectivity index (χ4v) is 4.24. The second-order valence-corrected chi connectivity index (χ2v) is 8.11. The number of aryl methyl sites for hydroxylation is 3. The number of carbonyl (C=O) groups is 2. The van der Waals surface area contributed by atoms with Gasteiger partial charge in [-0.2, -0.15) is 0 Å². The molecule has 0 aliphatic heterocycles. The maximum Gasteiger partial charge on any atom is 0.243 e. The number of nitrogens with zero attached hydrogens (tertiary/aromatic N) is 2. The Morgan fingerprint density at radius 3 is 2.53 bits per heavy atom. The monoisotopic (exact) mass is 422 g/mol. The van der Waals surface area contributed by atoms with Crippen LogP contribution in [0, 0.1) is 20.8 Å². The summed E-state index contributed by atoms with van der Waals surface area (Å²) in [6.45, 7) is 10.3. The van der Waals surface area contributed by atoms with Crippen LogP contribution in [-0.4, -0.2) is 33.7 Å². The fourth-order valence-electron chi connectivity index (χ4n) is 3.39. The highest BCUT2D eigenvalue weighted by atomic mass is 32.2. The van der Waals surface area contributed by atoms with E-state index in [-0.39, 0.29) is 24.1 Å². The minimum absolute atomic E-state index is 0.0742. The first-order chi connectivity index (χ1) is 14.4. The molecule has 30 heavy (non-hydrogen) atoms. The SMILES string of the molecule is C=CCn1c(SCC(=O)NCC(=O)Nc2c(C)cc(C)cc2C)nc2ccccc21. The Balaban J connectivity index is 1.55. The topological polar surface area (TPSA) is 76.0 Å². The molecular weight excluding hydrogens is 396 g/mol. The summed E-state index contributed by atoms with van der Waals surface area (Å²) in [5.74, 6) is -0.289. The number of hydrogen-bond acceptors (Lipinski definition) is 4. The molecule has 0 saturated heterocycles. The third-order valence-electron chi connectivity index (χ3n) is 4.65. The summed E-state index contributed by atoms with van der Waals surface area (Å²) in [7, 11) is 0. The lowest BCUT2D eigenvalue weighted by Gasteiger charge is -2.13. The molecule has 156 valence electrons. The molecule has 7 heteroatoms. The van der Waals surface area contributed by atoms with Gasteiger partial charge in [0, 0.05) is 12.2 Å². The molecule has 0 atom stereocenters. The number of imidazole rings is 1. The van der Waals surface area contributed by atoms with Crippen LogP contribution < -0.4 is 10.6 Å². The van der Waals surface area contributed by atoms with Crippen LogP contribution in [0.4, 0.5) is 5.69 Å². The Hall–Kier alpha value is -3.06. The van der Waals surface area contributed by atoms with Crippen LogP contribution in [0.15, 0.2) is 54.2 Å². The second-order valence-electron chi connectivity index (χ2n) is 7.17. The molecule has 0 bridgehead atoms. The van der Waals surface area contributed by atoms with Gasteiger partial charge in [0.25, 0.3) is 0 Å². The quantitative estimate of drug-likeness (QED) is 0.425. The number of fused-ring (bicyclic) bond motifs is 1. The predicted octanol–water partition coefficient (Wildman–Crippen LogP) is 3.99. The summed E-state index contributed by atoms with van der Waals surface area (Å²) in [5.41, 5.74) is 5.84. The Bertz CT molecular complexity index is 1080. The van der Waals surface area contributed by atoms with E-state index in [2.05, 4.69) is 22.2 Å². The minimum atomic E-state index is -0.248. The van der Waals surface area contributed by atoms with Gasteiger partial charge in [0.2, 0.25) is 11.8 Å². The average Bonchev–Trinajstić information content (AvgIpc) is 3.05. The van der Waals surface area contributed by atoms with Crippen molar-refractivity contribution in [3.63, 3.8) is 0 Å². The molecule has 0 unspecified atom stereocenters. The maximum atomic E-state index is 12.3. The smallest absolute Gasteiger partial charge is 0.243 e. The van der Waals surface area contributed by atoms with Gasteiger partial charge >= 0.3 is 0 Å². The lowest BCUT2D eigenvalue weighted by Crippen LogP contribution is -2.34. The third kappa shape index (κ3) is 5.10. The summed E-state index contributed by atoms with van der Waals surface area (Å²) < 4.78 is 2.02. The van der Waals surface area contributed by atoms with E-state index in [0.717, 1.165) is 38.6 Å². The first-order valence-corrected chi connectivity index (χ1v) is 10.7. The highest BCUT2D eigenvalue weighted by Gasteiger charge is 2.13. The molecule has 1 heterocycles. The standard InChI is InChI=1S/C23H26N4O2S/c1-5-10-27-19-9-7-6-8-18(19)25-23(27)30-14-21(29)24-13-20(28)26-22-16(3)11-15(2)12-17(22)4/h5-9,11-12H,1,10,13-14H2,2-4H3,(H,24,29)(H,26,28). The largest absolute Gasteiger partial charge is 0.346 e. The van der Waals surface area contributed by atoms with Crippen molar-refractivity contribution in [2.45, 2.75) is 32.5 Å². The van der Waals surface area contributed by atoms with E-state index in [9.17, 15) is 9.59 Å².